The molecule has 102 valence electrons. The summed E-state index contributed by atoms with van der Waals surface area (Å²) in [6, 6.07) is 4.30. The van der Waals surface area contributed by atoms with Crippen molar-refractivity contribution >= 4 is 17.2 Å². The Kier molecular flexibility index (Phi) is 6.32. The summed E-state index contributed by atoms with van der Waals surface area (Å²) in [6.07, 6.45) is 0.896. The van der Waals surface area contributed by atoms with Crippen LogP contribution in [0.5, 0.6) is 0 Å². The standard InChI is InChI=1S/C13H23N3OS/c1-4-10(14)13(11-7-6-8-18-11)16(5-2)9-12(17)15-3/h6-8,10,13H,4-5,9,14H2,1-3H3,(H,15,17). The Morgan fingerprint density at radius 1 is 1.56 bits per heavy atom. The van der Waals surface area contributed by atoms with E-state index in [4.69, 9.17) is 5.73 Å². The lowest BCUT2D eigenvalue weighted by Gasteiger charge is -2.33. The zero-order valence-corrected chi connectivity index (χ0v) is 12.2. The molecule has 2 atom stereocenters. The first kappa shape index (κ1) is 15.1. The number of likely N-dealkylation sites (N-methyl/N-ethyl adjacent to an activating group) is 2. The Labute approximate surface area is 113 Å². The van der Waals surface area contributed by atoms with Gasteiger partial charge in [0.25, 0.3) is 0 Å². The summed E-state index contributed by atoms with van der Waals surface area (Å²) in [5, 5.41) is 4.72. The number of carbonyl (C=O) groups is 1. The van der Waals surface area contributed by atoms with E-state index in [2.05, 4.69) is 35.5 Å². The second kappa shape index (κ2) is 7.51. The highest BCUT2D eigenvalue weighted by Crippen LogP contribution is 2.28. The van der Waals surface area contributed by atoms with Gasteiger partial charge < -0.3 is 11.1 Å². The topological polar surface area (TPSA) is 58.4 Å². The molecular weight excluding hydrogens is 246 g/mol. The summed E-state index contributed by atoms with van der Waals surface area (Å²) in [5.74, 6) is 0.0294. The first-order chi connectivity index (χ1) is 8.63. The van der Waals surface area contributed by atoms with Crippen LogP contribution in [0.4, 0.5) is 0 Å². The number of hydrogen-bond acceptors (Lipinski definition) is 4. The van der Waals surface area contributed by atoms with Crippen LogP contribution >= 0.6 is 11.3 Å². The number of rotatable bonds is 7. The van der Waals surface area contributed by atoms with E-state index in [0.29, 0.717) is 6.54 Å². The van der Waals surface area contributed by atoms with E-state index in [0.717, 1.165) is 13.0 Å². The van der Waals surface area contributed by atoms with Crippen molar-refractivity contribution in [3.63, 3.8) is 0 Å². The average molecular weight is 269 g/mol. The van der Waals surface area contributed by atoms with Crippen molar-refractivity contribution in [1.29, 1.82) is 0 Å². The molecule has 1 aromatic heterocycles. The lowest BCUT2D eigenvalue weighted by molar-refractivity contribution is -0.122. The number of nitrogens with one attached hydrogen (secondary N) is 1. The molecule has 0 aliphatic rings. The number of hydrogen-bond donors (Lipinski definition) is 2. The van der Waals surface area contributed by atoms with E-state index in [-0.39, 0.29) is 18.0 Å². The first-order valence-corrected chi connectivity index (χ1v) is 7.25. The highest BCUT2D eigenvalue weighted by atomic mass is 32.1. The van der Waals surface area contributed by atoms with Crippen LogP contribution in [-0.2, 0) is 4.79 Å². The zero-order valence-electron chi connectivity index (χ0n) is 11.3. The Hall–Kier alpha value is -0.910. The molecule has 0 spiro atoms. The minimum absolute atomic E-state index is 0.0294. The average Bonchev–Trinajstić information content (AvgIpc) is 2.90. The van der Waals surface area contributed by atoms with Crippen LogP contribution in [0.2, 0.25) is 0 Å². The quantitative estimate of drug-likeness (QED) is 0.790. The van der Waals surface area contributed by atoms with Crippen LogP contribution in [0.15, 0.2) is 17.5 Å². The Morgan fingerprint density at radius 3 is 2.72 bits per heavy atom. The van der Waals surface area contributed by atoms with Crippen LogP contribution in [-0.4, -0.2) is 37.0 Å². The van der Waals surface area contributed by atoms with Crippen molar-refractivity contribution in [1.82, 2.24) is 10.2 Å². The fraction of sp³-hybridized carbons (Fsp3) is 0.615. The number of thiophene rings is 1. The molecule has 0 radical (unpaired) electrons. The van der Waals surface area contributed by atoms with Gasteiger partial charge in [0, 0.05) is 18.0 Å². The van der Waals surface area contributed by atoms with E-state index in [1.54, 1.807) is 18.4 Å². The van der Waals surface area contributed by atoms with Crippen molar-refractivity contribution < 1.29 is 4.79 Å². The van der Waals surface area contributed by atoms with Gasteiger partial charge in [0.1, 0.15) is 0 Å². The monoisotopic (exact) mass is 269 g/mol. The molecule has 3 N–H and O–H groups in total. The molecule has 1 heterocycles. The summed E-state index contributed by atoms with van der Waals surface area (Å²) >= 11 is 1.70. The maximum atomic E-state index is 11.6. The van der Waals surface area contributed by atoms with Gasteiger partial charge in [0.05, 0.1) is 12.6 Å². The molecular formula is C13H23N3OS. The molecule has 5 heteroatoms. The molecule has 1 rings (SSSR count). The minimum Gasteiger partial charge on any atom is -0.358 e. The van der Waals surface area contributed by atoms with Crippen LogP contribution in [0.3, 0.4) is 0 Å². The molecule has 0 saturated heterocycles. The molecule has 0 bridgehead atoms. The third-order valence-corrected chi connectivity index (χ3v) is 4.08. The normalized spacial score (nSPS) is 14.5. The van der Waals surface area contributed by atoms with Crippen LogP contribution in [0, 0.1) is 0 Å². The number of nitrogens with two attached hydrogens (primary N) is 1. The molecule has 0 aliphatic carbocycles. The van der Waals surface area contributed by atoms with Gasteiger partial charge in [-0.15, -0.1) is 11.3 Å². The lowest BCUT2D eigenvalue weighted by atomic mass is 10.0. The Bertz CT molecular complexity index is 353. The van der Waals surface area contributed by atoms with E-state index < -0.39 is 0 Å². The van der Waals surface area contributed by atoms with Gasteiger partial charge in [0.15, 0.2) is 0 Å². The second-order valence-electron chi connectivity index (χ2n) is 4.27. The molecule has 0 aromatic carbocycles. The molecule has 0 saturated carbocycles. The van der Waals surface area contributed by atoms with E-state index in [1.165, 1.54) is 4.88 Å². The van der Waals surface area contributed by atoms with Gasteiger partial charge in [-0.2, -0.15) is 0 Å². The van der Waals surface area contributed by atoms with Crippen molar-refractivity contribution in [2.75, 3.05) is 20.1 Å². The number of amides is 1. The third-order valence-electron chi connectivity index (χ3n) is 3.14. The summed E-state index contributed by atoms with van der Waals surface area (Å²) in [7, 11) is 1.66. The molecule has 2 unspecified atom stereocenters. The van der Waals surface area contributed by atoms with E-state index in [9.17, 15) is 4.79 Å². The van der Waals surface area contributed by atoms with Crippen molar-refractivity contribution in [2.45, 2.75) is 32.4 Å². The van der Waals surface area contributed by atoms with Crippen LogP contribution in [0.1, 0.15) is 31.2 Å². The molecule has 1 aromatic rings. The Morgan fingerprint density at radius 2 is 2.28 bits per heavy atom. The number of nitrogens with zero attached hydrogens (tertiary/aromatic N) is 1. The van der Waals surface area contributed by atoms with Gasteiger partial charge in [-0.05, 0) is 24.4 Å². The molecule has 0 fully saturated rings. The number of carbonyl (C=O) groups excluding carboxylic acids is 1. The molecule has 18 heavy (non-hydrogen) atoms. The van der Waals surface area contributed by atoms with E-state index in [1.807, 2.05) is 6.07 Å². The van der Waals surface area contributed by atoms with Gasteiger partial charge in [-0.25, -0.2) is 0 Å². The van der Waals surface area contributed by atoms with Crippen molar-refractivity contribution in [2.24, 2.45) is 5.73 Å². The predicted molar refractivity (Wildman–Crippen MR) is 76.6 cm³/mol. The van der Waals surface area contributed by atoms with Crippen molar-refractivity contribution in [3.8, 4) is 0 Å². The van der Waals surface area contributed by atoms with Crippen molar-refractivity contribution in [3.05, 3.63) is 22.4 Å². The maximum Gasteiger partial charge on any atom is 0.233 e. The van der Waals surface area contributed by atoms with Gasteiger partial charge >= 0.3 is 0 Å². The van der Waals surface area contributed by atoms with Crippen LogP contribution < -0.4 is 11.1 Å². The zero-order chi connectivity index (χ0) is 13.5. The molecule has 0 aliphatic heterocycles. The van der Waals surface area contributed by atoms with E-state index >= 15 is 0 Å². The highest BCUT2D eigenvalue weighted by Gasteiger charge is 2.26. The lowest BCUT2D eigenvalue weighted by Crippen LogP contribution is -2.44. The summed E-state index contributed by atoms with van der Waals surface area (Å²) in [4.78, 5) is 14.9. The van der Waals surface area contributed by atoms with Crippen LogP contribution in [0.25, 0.3) is 0 Å². The molecule has 1 amide bonds. The highest BCUT2D eigenvalue weighted by molar-refractivity contribution is 7.10. The first-order valence-electron chi connectivity index (χ1n) is 6.37. The summed E-state index contributed by atoms with van der Waals surface area (Å²) in [5.41, 5.74) is 6.24. The second-order valence-corrected chi connectivity index (χ2v) is 5.25. The fourth-order valence-corrected chi connectivity index (χ4v) is 2.95. The van der Waals surface area contributed by atoms with Gasteiger partial charge in [-0.3, -0.25) is 9.69 Å². The van der Waals surface area contributed by atoms with Gasteiger partial charge in [-0.1, -0.05) is 19.9 Å². The maximum absolute atomic E-state index is 11.6. The fourth-order valence-electron chi connectivity index (χ4n) is 2.01. The molecule has 4 nitrogen and oxygen atoms in total. The Balaban J connectivity index is 2.89. The largest absolute Gasteiger partial charge is 0.358 e. The summed E-state index contributed by atoms with van der Waals surface area (Å²) in [6.45, 7) is 5.35. The third kappa shape index (κ3) is 3.80. The predicted octanol–water partition coefficient (Wildman–Crippen LogP) is 1.59. The minimum atomic E-state index is 0.0294. The van der Waals surface area contributed by atoms with Gasteiger partial charge in [0.2, 0.25) is 5.91 Å². The SMILES string of the molecule is CCC(N)C(c1cccs1)N(CC)CC(=O)NC. The smallest absolute Gasteiger partial charge is 0.233 e. The summed E-state index contributed by atoms with van der Waals surface area (Å²) < 4.78 is 0.